The van der Waals surface area contributed by atoms with E-state index in [4.69, 9.17) is 13.9 Å². The van der Waals surface area contributed by atoms with E-state index in [1.54, 1.807) is 6.07 Å². The van der Waals surface area contributed by atoms with Crippen LogP contribution in [0.25, 0.3) is 0 Å². The zero-order chi connectivity index (χ0) is 17.0. The number of thiophene rings is 1. The number of carbonyl (C=O) groups is 1. The Bertz CT molecular complexity index is 751. The van der Waals surface area contributed by atoms with E-state index in [1.807, 2.05) is 6.07 Å². The summed E-state index contributed by atoms with van der Waals surface area (Å²) in [6, 6.07) is 4.78. The lowest BCUT2D eigenvalue weighted by atomic mass is 9.99. The highest BCUT2D eigenvalue weighted by molar-refractivity contribution is 9.11. The molecule has 124 valence electrons. The lowest BCUT2D eigenvalue weighted by molar-refractivity contribution is -0.140. The number of carbonyl (C=O) groups excluding carboxylic acids is 1. The monoisotopic (exact) mass is 402 g/mol. The van der Waals surface area contributed by atoms with Crippen LogP contribution in [0.2, 0.25) is 0 Å². The minimum atomic E-state index is -0.622. The van der Waals surface area contributed by atoms with Crippen LogP contribution in [0.5, 0.6) is 5.75 Å². The minimum absolute atomic E-state index is 0.0318. The van der Waals surface area contributed by atoms with E-state index >= 15 is 0 Å². The number of hydrogen-bond acceptors (Lipinski definition) is 7. The second kappa shape index (κ2) is 7.76. The summed E-state index contributed by atoms with van der Waals surface area (Å²) in [5.41, 5.74) is -0.580. The predicted molar refractivity (Wildman–Crippen MR) is 87.9 cm³/mol. The molecule has 0 fully saturated rings. The maximum atomic E-state index is 11.9. The molecule has 0 aliphatic rings. The second-order valence-electron chi connectivity index (χ2n) is 4.70. The molecule has 0 amide bonds. The van der Waals surface area contributed by atoms with Gasteiger partial charge in [-0.3, -0.25) is 9.59 Å². The van der Waals surface area contributed by atoms with Crippen molar-refractivity contribution in [3.05, 3.63) is 48.6 Å². The third-order valence-electron chi connectivity index (χ3n) is 3.14. The highest BCUT2D eigenvalue weighted by Crippen LogP contribution is 2.38. The molecular formula is C15H15BrO6S. The fraction of sp³-hybridized carbons (Fsp3) is 0.333. The van der Waals surface area contributed by atoms with Gasteiger partial charge in [-0.05, 0) is 28.1 Å². The van der Waals surface area contributed by atoms with Gasteiger partial charge >= 0.3 is 5.97 Å². The molecule has 2 aromatic rings. The van der Waals surface area contributed by atoms with Crippen molar-refractivity contribution in [2.75, 3.05) is 14.2 Å². The van der Waals surface area contributed by atoms with Crippen molar-refractivity contribution in [3.63, 3.8) is 0 Å². The molecule has 0 saturated heterocycles. The van der Waals surface area contributed by atoms with E-state index in [0.717, 1.165) is 8.66 Å². The summed E-state index contributed by atoms with van der Waals surface area (Å²) in [6.45, 7) is 0.0849. The number of rotatable bonds is 6. The topological polar surface area (TPSA) is 86.0 Å². The van der Waals surface area contributed by atoms with Gasteiger partial charge in [0, 0.05) is 18.1 Å². The molecule has 1 N–H and O–H groups in total. The van der Waals surface area contributed by atoms with Gasteiger partial charge < -0.3 is 19.0 Å². The number of halogens is 1. The molecule has 0 aliphatic heterocycles. The molecule has 23 heavy (non-hydrogen) atoms. The lowest BCUT2D eigenvalue weighted by Crippen LogP contribution is -2.13. The van der Waals surface area contributed by atoms with Crippen molar-refractivity contribution in [2.45, 2.75) is 18.9 Å². The van der Waals surface area contributed by atoms with Crippen molar-refractivity contribution >= 4 is 33.2 Å². The molecule has 0 spiro atoms. The van der Waals surface area contributed by atoms with Crippen LogP contribution in [0.4, 0.5) is 0 Å². The average molecular weight is 403 g/mol. The molecule has 8 heteroatoms. The van der Waals surface area contributed by atoms with E-state index < -0.39 is 23.1 Å². The molecule has 0 radical (unpaired) electrons. The first-order valence-corrected chi connectivity index (χ1v) is 8.24. The van der Waals surface area contributed by atoms with Gasteiger partial charge in [-0.2, -0.15) is 0 Å². The van der Waals surface area contributed by atoms with Crippen molar-refractivity contribution < 1.29 is 23.8 Å². The SMILES string of the molecule is COCc1cc(=O)c(O)c([C@H](CC(=O)OC)c2ccc(Br)s2)o1. The normalized spacial score (nSPS) is 12.1. The summed E-state index contributed by atoms with van der Waals surface area (Å²) >= 11 is 4.74. The molecule has 1 atom stereocenters. The minimum Gasteiger partial charge on any atom is -0.502 e. The first-order chi connectivity index (χ1) is 11.0. The molecule has 0 saturated carbocycles. The molecule has 0 aromatic carbocycles. The zero-order valence-corrected chi connectivity index (χ0v) is 14.9. The van der Waals surface area contributed by atoms with Crippen LogP contribution in [0.1, 0.15) is 28.7 Å². The summed E-state index contributed by atoms with van der Waals surface area (Å²) in [7, 11) is 2.75. The first kappa shape index (κ1) is 17.7. The highest BCUT2D eigenvalue weighted by atomic mass is 79.9. The van der Waals surface area contributed by atoms with Gasteiger partial charge in [0.15, 0.2) is 5.76 Å². The summed E-state index contributed by atoms with van der Waals surface area (Å²) in [5.74, 6) is -1.30. The smallest absolute Gasteiger partial charge is 0.306 e. The average Bonchev–Trinajstić information content (AvgIpc) is 2.95. The van der Waals surface area contributed by atoms with Gasteiger partial charge in [0.2, 0.25) is 11.2 Å². The second-order valence-corrected chi connectivity index (χ2v) is 7.19. The van der Waals surface area contributed by atoms with Crippen molar-refractivity contribution in [1.29, 1.82) is 0 Å². The van der Waals surface area contributed by atoms with Crippen LogP contribution in [-0.2, 0) is 20.9 Å². The fourth-order valence-electron chi connectivity index (χ4n) is 2.09. The summed E-state index contributed by atoms with van der Waals surface area (Å²) in [6.07, 6.45) is -0.0591. The summed E-state index contributed by atoms with van der Waals surface area (Å²) in [5, 5.41) is 10.1. The molecular weight excluding hydrogens is 388 g/mol. The van der Waals surface area contributed by atoms with Crippen LogP contribution < -0.4 is 5.43 Å². The zero-order valence-electron chi connectivity index (χ0n) is 12.5. The van der Waals surface area contributed by atoms with Gasteiger partial charge in [0.25, 0.3) is 0 Å². The van der Waals surface area contributed by atoms with Crippen molar-refractivity contribution in [1.82, 2.24) is 0 Å². The number of esters is 1. The van der Waals surface area contributed by atoms with Gasteiger partial charge in [0.1, 0.15) is 12.4 Å². The van der Waals surface area contributed by atoms with E-state index in [1.165, 1.54) is 31.6 Å². The number of aromatic hydroxyl groups is 1. The van der Waals surface area contributed by atoms with Crippen LogP contribution in [0.3, 0.4) is 0 Å². The predicted octanol–water partition coefficient (Wildman–Crippen LogP) is 3.01. The molecule has 0 aliphatic carbocycles. The standard InChI is InChI=1S/C15H15BrO6S/c1-20-7-8-5-10(17)14(19)15(22-8)9(6-13(18)21-2)11-3-4-12(16)23-11/h3-5,9,19H,6-7H2,1-2H3/t9-/m1/s1. The number of methoxy groups -OCH3 is 2. The fourth-order valence-corrected chi connectivity index (χ4v) is 3.62. The Hall–Kier alpha value is -1.64. The largest absolute Gasteiger partial charge is 0.502 e. The quantitative estimate of drug-likeness (QED) is 0.747. The van der Waals surface area contributed by atoms with Gasteiger partial charge in [-0.1, -0.05) is 0 Å². The van der Waals surface area contributed by atoms with Crippen molar-refractivity contribution in [2.24, 2.45) is 0 Å². The maximum absolute atomic E-state index is 11.9. The molecule has 6 nitrogen and oxygen atoms in total. The summed E-state index contributed by atoms with van der Waals surface area (Å²) < 4.78 is 16.1. The Balaban J connectivity index is 2.54. The highest BCUT2D eigenvalue weighted by Gasteiger charge is 2.27. The number of ether oxygens (including phenoxy) is 2. The number of hydrogen-bond donors (Lipinski definition) is 1. The third kappa shape index (κ3) is 4.21. The van der Waals surface area contributed by atoms with E-state index in [2.05, 4.69) is 15.9 Å². The summed E-state index contributed by atoms with van der Waals surface area (Å²) in [4.78, 5) is 24.4. The van der Waals surface area contributed by atoms with Gasteiger partial charge in [0.05, 0.1) is 23.2 Å². The maximum Gasteiger partial charge on any atom is 0.306 e. The van der Waals surface area contributed by atoms with E-state index in [-0.39, 0.29) is 24.5 Å². The van der Waals surface area contributed by atoms with Crippen LogP contribution in [-0.4, -0.2) is 25.3 Å². The van der Waals surface area contributed by atoms with Crippen LogP contribution in [0.15, 0.2) is 31.2 Å². The van der Waals surface area contributed by atoms with E-state index in [9.17, 15) is 14.7 Å². The first-order valence-electron chi connectivity index (χ1n) is 6.63. The van der Waals surface area contributed by atoms with Gasteiger partial charge in [-0.15, -0.1) is 11.3 Å². The Kier molecular flexibility index (Phi) is 5.97. The van der Waals surface area contributed by atoms with Crippen LogP contribution in [0, 0.1) is 0 Å². The Morgan fingerprint density at radius 2 is 2.17 bits per heavy atom. The molecule has 2 heterocycles. The Morgan fingerprint density at radius 1 is 1.43 bits per heavy atom. The molecule has 2 aromatic heterocycles. The molecule has 0 bridgehead atoms. The van der Waals surface area contributed by atoms with Crippen LogP contribution >= 0.6 is 27.3 Å². The lowest BCUT2D eigenvalue weighted by Gasteiger charge is -2.15. The Morgan fingerprint density at radius 3 is 2.74 bits per heavy atom. The third-order valence-corrected chi connectivity index (χ3v) is 4.88. The molecule has 2 rings (SSSR count). The van der Waals surface area contributed by atoms with E-state index in [0.29, 0.717) is 0 Å². The van der Waals surface area contributed by atoms with Crippen molar-refractivity contribution in [3.8, 4) is 5.75 Å². The Labute approximate surface area is 144 Å². The van der Waals surface area contributed by atoms with Gasteiger partial charge in [-0.25, -0.2) is 0 Å². The molecule has 0 unspecified atom stereocenters.